The molecule has 2 aliphatic carbocycles. The first-order chi connectivity index (χ1) is 8.81. The lowest BCUT2D eigenvalue weighted by molar-refractivity contribution is -0.119. The molecule has 2 bridgehead atoms. The summed E-state index contributed by atoms with van der Waals surface area (Å²) in [5.74, 6) is 2.39. The first-order valence-electron chi connectivity index (χ1n) is 6.78. The van der Waals surface area contributed by atoms with Crippen molar-refractivity contribution >= 4 is 17.7 Å². The van der Waals surface area contributed by atoms with Crippen molar-refractivity contribution in [1.82, 2.24) is 5.32 Å². The van der Waals surface area contributed by atoms with Gasteiger partial charge < -0.3 is 5.32 Å². The van der Waals surface area contributed by atoms with Gasteiger partial charge in [-0.15, -0.1) is 11.8 Å². The van der Waals surface area contributed by atoms with Gasteiger partial charge in [0.25, 0.3) is 0 Å². The molecule has 2 nitrogen and oxygen atoms in total. The molecule has 2 saturated carbocycles. The molecule has 1 aromatic carbocycles. The van der Waals surface area contributed by atoms with Gasteiger partial charge in [0.1, 0.15) is 0 Å². The van der Waals surface area contributed by atoms with Crippen LogP contribution in [0.25, 0.3) is 0 Å². The number of amides is 1. The van der Waals surface area contributed by atoms with Gasteiger partial charge in [-0.3, -0.25) is 4.79 Å². The van der Waals surface area contributed by atoms with E-state index in [0.29, 0.717) is 11.8 Å². The van der Waals surface area contributed by atoms with Crippen LogP contribution >= 0.6 is 11.8 Å². The number of benzene rings is 1. The predicted molar refractivity (Wildman–Crippen MR) is 74.5 cm³/mol. The highest BCUT2D eigenvalue weighted by molar-refractivity contribution is 8.00. The van der Waals surface area contributed by atoms with Crippen LogP contribution in [-0.4, -0.2) is 17.7 Å². The summed E-state index contributed by atoms with van der Waals surface area (Å²) in [5.41, 5.74) is 0. The molecule has 0 saturated heterocycles. The summed E-state index contributed by atoms with van der Waals surface area (Å²) in [6, 6.07) is 10.6. The Kier molecular flexibility index (Phi) is 3.59. The van der Waals surface area contributed by atoms with E-state index >= 15 is 0 Å². The lowest BCUT2D eigenvalue weighted by Gasteiger charge is -2.22. The van der Waals surface area contributed by atoms with Crippen molar-refractivity contribution in [2.75, 3.05) is 5.75 Å². The number of hydrogen-bond acceptors (Lipinski definition) is 2. The first-order valence-corrected chi connectivity index (χ1v) is 7.77. The summed E-state index contributed by atoms with van der Waals surface area (Å²) in [7, 11) is 0. The molecule has 0 unspecified atom stereocenters. The first kappa shape index (κ1) is 12.1. The van der Waals surface area contributed by atoms with E-state index in [1.165, 1.54) is 30.6 Å². The van der Waals surface area contributed by atoms with Crippen LogP contribution in [0.15, 0.2) is 35.2 Å². The van der Waals surface area contributed by atoms with E-state index in [2.05, 4.69) is 17.4 Å². The maximum absolute atomic E-state index is 11.9. The molecule has 1 aromatic rings. The molecule has 3 heteroatoms. The molecule has 18 heavy (non-hydrogen) atoms. The number of fused-ring (bicyclic) bond motifs is 2. The number of hydrogen-bond donors (Lipinski definition) is 1. The van der Waals surface area contributed by atoms with E-state index in [1.54, 1.807) is 11.8 Å². The molecule has 0 aliphatic heterocycles. The van der Waals surface area contributed by atoms with Crippen LogP contribution in [0.1, 0.15) is 25.7 Å². The molecule has 0 aromatic heterocycles. The largest absolute Gasteiger partial charge is 0.352 e. The quantitative estimate of drug-likeness (QED) is 0.844. The number of rotatable bonds is 4. The van der Waals surface area contributed by atoms with Gasteiger partial charge in [0.05, 0.1) is 5.75 Å². The molecule has 0 heterocycles. The van der Waals surface area contributed by atoms with Crippen LogP contribution in [0.5, 0.6) is 0 Å². The van der Waals surface area contributed by atoms with E-state index in [-0.39, 0.29) is 5.91 Å². The van der Waals surface area contributed by atoms with Crippen molar-refractivity contribution in [2.24, 2.45) is 11.8 Å². The van der Waals surface area contributed by atoms with Crippen LogP contribution < -0.4 is 5.32 Å². The Balaban J connectivity index is 1.45. The van der Waals surface area contributed by atoms with Gasteiger partial charge >= 0.3 is 0 Å². The minimum absolute atomic E-state index is 0.196. The molecular weight excluding hydrogens is 242 g/mol. The summed E-state index contributed by atoms with van der Waals surface area (Å²) in [6.07, 6.45) is 5.26. The molecule has 96 valence electrons. The van der Waals surface area contributed by atoms with Gasteiger partial charge in [-0.05, 0) is 43.2 Å². The van der Waals surface area contributed by atoms with Crippen LogP contribution in [0, 0.1) is 11.8 Å². The maximum atomic E-state index is 11.9. The molecule has 0 radical (unpaired) electrons. The van der Waals surface area contributed by atoms with Crippen molar-refractivity contribution in [1.29, 1.82) is 0 Å². The second-order valence-electron chi connectivity index (χ2n) is 5.45. The SMILES string of the molecule is O=C(CSc1ccccc1)N[C@@H]1C[C@H]2CC[C@H]1C2. The molecule has 2 fully saturated rings. The van der Waals surface area contributed by atoms with Crippen LogP contribution in [0.3, 0.4) is 0 Å². The summed E-state index contributed by atoms with van der Waals surface area (Å²) < 4.78 is 0. The topological polar surface area (TPSA) is 29.1 Å². The average Bonchev–Trinajstić information content (AvgIpc) is 3.00. The average molecular weight is 261 g/mol. The minimum Gasteiger partial charge on any atom is -0.352 e. The number of carbonyl (C=O) groups is 1. The van der Waals surface area contributed by atoms with Gasteiger partial charge in [-0.1, -0.05) is 24.6 Å². The third-order valence-corrected chi connectivity index (χ3v) is 5.21. The number of nitrogens with one attached hydrogen (secondary N) is 1. The number of carbonyl (C=O) groups excluding carboxylic acids is 1. The van der Waals surface area contributed by atoms with E-state index < -0.39 is 0 Å². The van der Waals surface area contributed by atoms with Crippen molar-refractivity contribution in [3.05, 3.63) is 30.3 Å². The van der Waals surface area contributed by atoms with Gasteiger partial charge in [0, 0.05) is 10.9 Å². The van der Waals surface area contributed by atoms with Crippen molar-refractivity contribution in [2.45, 2.75) is 36.6 Å². The monoisotopic (exact) mass is 261 g/mol. The Morgan fingerprint density at radius 1 is 1.22 bits per heavy atom. The second kappa shape index (κ2) is 5.35. The zero-order valence-corrected chi connectivity index (χ0v) is 11.3. The lowest BCUT2D eigenvalue weighted by atomic mass is 9.95. The van der Waals surface area contributed by atoms with Crippen molar-refractivity contribution < 1.29 is 4.79 Å². The van der Waals surface area contributed by atoms with Crippen LogP contribution in [0.2, 0.25) is 0 Å². The Morgan fingerprint density at radius 3 is 2.72 bits per heavy atom. The highest BCUT2D eigenvalue weighted by Crippen LogP contribution is 2.44. The molecule has 3 rings (SSSR count). The zero-order chi connectivity index (χ0) is 12.4. The van der Waals surface area contributed by atoms with Crippen molar-refractivity contribution in [3.8, 4) is 0 Å². The maximum Gasteiger partial charge on any atom is 0.230 e. The van der Waals surface area contributed by atoms with E-state index in [0.717, 1.165) is 11.8 Å². The van der Waals surface area contributed by atoms with Gasteiger partial charge in [-0.25, -0.2) is 0 Å². The zero-order valence-electron chi connectivity index (χ0n) is 10.5. The molecular formula is C15H19NOS. The Labute approximate surface area is 113 Å². The normalized spacial score (nSPS) is 29.4. The Hall–Kier alpha value is -0.960. The summed E-state index contributed by atoms with van der Waals surface area (Å²) in [6.45, 7) is 0. The second-order valence-corrected chi connectivity index (χ2v) is 6.50. The molecule has 2 aliphatic rings. The third-order valence-electron chi connectivity index (χ3n) is 4.20. The van der Waals surface area contributed by atoms with Gasteiger partial charge in [0.2, 0.25) is 5.91 Å². The van der Waals surface area contributed by atoms with E-state index in [4.69, 9.17) is 0 Å². The summed E-state index contributed by atoms with van der Waals surface area (Å²) in [5, 5.41) is 3.22. The van der Waals surface area contributed by atoms with E-state index in [9.17, 15) is 4.79 Å². The standard InChI is InChI=1S/C15H19NOS/c17-15(10-18-13-4-2-1-3-5-13)16-14-9-11-6-7-12(14)8-11/h1-5,11-12,14H,6-10H2,(H,16,17)/t11-,12-,14+/m0/s1. The Morgan fingerprint density at radius 2 is 2.06 bits per heavy atom. The third kappa shape index (κ3) is 2.72. The van der Waals surface area contributed by atoms with Gasteiger partial charge in [0.15, 0.2) is 0 Å². The van der Waals surface area contributed by atoms with E-state index in [1.807, 2.05) is 18.2 Å². The van der Waals surface area contributed by atoms with Crippen LogP contribution in [-0.2, 0) is 4.79 Å². The fraction of sp³-hybridized carbons (Fsp3) is 0.533. The van der Waals surface area contributed by atoms with Crippen LogP contribution in [0.4, 0.5) is 0 Å². The molecule has 0 spiro atoms. The highest BCUT2D eigenvalue weighted by Gasteiger charge is 2.39. The molecule has 1 N–H and O–H groups in total. The fourth-order valence-electron chi connectivity index (χ4n) is 3.34. The van der Waals surface area contributed by atoms with Gasteiger partial charge in [-0.2, -0.15) is 0 Å². The lowest BCUT2D eigenvalue weighted by Crippen LogP contribution is -2.39. The minimum atomic E-state index is 0.196. The summed E-state index contributed by atoms with van der Waals surface area (Å²) in [4.78, 5) is 13.1. The summed E-state index contributed by atoms with van der Waals surface area (Å²) >= 11 is 1.62. The molecule has 1 amide bonds. The number of thioether (sulfide) groups is 1. The smallest absolute Gasteiger partial charge is 0.230 e. The van der Waals surface area contributed by atoms with Crippen molar-refractivity contribution in [3.63, 3.8) is 0 Å². The predicted octanol–water partition coefficient (Wildman–Crippen LogP) is 3.08. The highest BCUT2D eigenvalue weighted by atomic mass is 32.2. The Bertz CT molecular complexity index is 420. The molecule has 3 atom stereocenters. The fourth-order valence-corrected chi connectivity index (χ4v) is 4.07.